The molecule has 1 aromatic carbocycles. The highest BCUT2D eigenvalue weighted by Crippen LogP contribution is 2.14. The second kappa shape index (κ2) is 7.14. The molecule has 0 atom stereocenters. The number of carbonyl (C=O) groups is 1. The first-order valence-corrected chi connectivity index (χ1v) is 7.11. The Hall–Kier alpha value is -1.75. The average molecular weight is 277 g/mol. The number of nitrogen functional groups attached to an aromatic ring is 1. The van der Waals surface area contributed by atoms with Crippen LogP contribution in [0.25, 0.3) is 0 Å². The zero-order valence-electron chi connectivity index (χ0n) is 12.0. The van der Waals surface area contributed by atoms with Crippen LogP contribution in [-0.4, -0.2) is 43.1 Å². The van der Waals surface area contributed by atoms with Crippen molar-refractivity contribution in [3.63, 3.8) is 0 Å². The summed E-state index contributed by atoms with van der Waals surface area (Å²) in [5, 5.41) is 2.98. The average Bonchev–Trinajstić information content (AvgIpc) is 2.42. The molecule has 1 fully saturated rings. The quantitative estimate of drug-likeness (QED) is 0.795. The Morgan fingerprint density at radius 3 is 2.60 bits per heavy atom. The first kappa shape index (κ1) is 14.7. The maximum Gasteiger partial charge on any atom is 0.217 e. The predicted octanol–water partition coefficient (Wildman–Crippen LogP) is 1.25. The van der Waals surface area contributed by atoms with Crippen molar-refractivity contribution in [2.24, 2.45) is 0 Å². The van der Waals surface area contributed by atoms with E-state index in [0.29, 0.717) is 12.6 Å². The fourth-order valence-corrected chi connectivity index (χ4v) is 2.45. The first-order valence-electron chi connectivity index (χ1n) is 7.11. The van der Waals surface area contributed by atoms with Gasteiger partial charge in [-0.2, -0.15) is 0 Å². The topological polar surface area (TPSA) is 67.6 Å². The molecular weight excluding hydrogens is 254 g/mol. The number of hydrogen-bond donors (Lipinski definition) is 2. The van der Waals surface area contributed by atoms with E-state index in [0.717, 1.165) is 43.9 Å². The molecule has 0 aliphatic carbocycles. The normalized spacial score (nSPS) is 16.9. The summed E-state index contributed by atoms with van der Waals surface area (Å²) in [7, 11) is 0. The van der Waals surface area contributed by atoms with E-state index in [9.17, 15) is 4.79 Å². The van der Waals surface area contributed by atoms with Gasteiger partial charge in [0.05, 0.1) is 0 Å². The molecule has 5 heteroatoms. The third kappa shape index (κ3) is 4.74. The third-order valence-corrected chi connectivity index (χ3v) is 3.55. The fourth-order valence-electron chi connectivity index (χ4n) is 2.45. The van der Waals surface area contributed by atoms with Gasteiger partial charge in [0.2, 0.25) is 5.91 Å². The van der Waals surface area contributed by atoms with Crippen LogP contribution in [0.5, 0.6) is 5.75 Å². The van der Waals surface area contributed by atoms with E-state index in [1.807, 2.05) is 24.3 Å². The SMILES string of the molecule is CC(=O)NC1CCN(CCOc2ccc(N)cc2)CC1. The van der Waals surface area contributed by atoms with Crippen LogP contribution in [0.1, 0.15) is 19.8 Å². The molecule has 110 valence electrons. The van der Waals surface area contributed by atoms with Crippen molar-refractivity contribution in [2.75, 3.05) is 32.0 Å². The van der Waals surface area contributed by atoms with Crippen LogP contribution in [0.15, 0.2) is 24.3 Å². The number of nitrogens with one attached hydrogen (secondary N) is 1. The van der Waals surface area contributed by atoms with E-state index in [1.165, 1.54) is 0 Å². The van der Waals surface area contributed by atoms with Gasteiger partial charge >= 0.3 is 0 Å². The number of anilines is 1. The lowest BCUT2D eigenvalue weighted by Crippen LogP contribution is -2.45. The summed E-state index contributed by atoms with van der Waals surface area (Å²) in [6.07, 6.45) is 2.03. The van der Waals surface area contributed by atoms with Gasteiger partial charge in [0, 0.05) is 38.3 Å². The summed E-state index contributed by atoms with van der Waals surface area (Å²) >= 11 is 0. The Balaban J connectivity index is 1.63. The largest absolute Gasteiger partial charge is 0.492 e. The van der Waals surface area contributed by atoms with Crippen LogP contribution in [0.3, 0.4) is 0 Å². The number of hydrogen-bond acceptors (Lipinski definition) is 4. The third-order valence-electron chi connectivity index (χ3n) is 3.55. The number of benzene rings is 1. The number of amides is 1. The van der Waals surface area contributed by atoms with E-state index in [-0.39, 0.29) is 5.91 Å². The van der Waals surface area contributed by atoms with Gasteiger partial charge in [-0.15, -0.1) is 0 Å². The maximum absolute atomic E-state index is 11.0. The minimum Gasteiger partial charge on any atom is -0.492 e. The van der Waals surface area contributed by atoms with Crippen molar-refractivity contribution in [1.82, 2.24) is 10.2 Å². The van der Waals surface area contributed by atoms with Gasteiger partial charge in [-0.25, -0.2) is 0 Å². The molecule has 2 rings (SSSR count). The molecule has 3 N–H and O–H groups in total. The van der Waals surface area contributed by atoms with Crippen LogP contribution in [0.4, 0.5) is 5.69 Å². The van der Waals surface area contributed by atoms with E-state index in [2.05, 4.69) is 10.2 Å². The number of nitrogens with zero attached hydrogens (tertiary/aromatic N) is 1. The molecule has 0 saturated carbocycles. The Morgan fingerprint density at radius 2 is 2.00 bits per heavy atom. The summed E-state index contributed by atoms with van der Waals surface area (Å²) in [5.41, 5.74) is 6.37. The zero-order valence-corrected chi connectivity index (χ0v) is 12.0. The summed E-state index contributed by atoms with van der Waals surface area (Å²) in [5.74, 6) is 0.919. The molecule has 1 amide bonds. The van der Waals surface area contributed by atoms with Crippen LogP contribution in [0.2, 0.25) is 0 Å². The summed E-state index contributed by atoms with van der Waals surface area (Å²) in [6, 6.07) is 7.79. The van der Waals surface area contributed by atoms with Gasteiger partial charge in [0.15, 0.2) is 0 Å². The van der Waals surface area contributed by atoms with Crippen molar-refractivity contribution in [1.29, 1.82) is 0 Å². The molecule has 0 spiro atoms. The highest BCUT2D eigenvalue weighted by Gasteiger charge is 2.19. The van der Waals surface area contributed by atoms with E-state index in [4.69, 9.17) is 10.5 Å². The molecule has 0 aromatic heterocycles. The predicted molar refractivity (Wildman–Crippen MR) is 79.6 cm³/mol. The Bertz CT molecular complexity index is 425. The standard InChI is InChI=1S/C15H23N3O2/c1-12(19)17-14-6-8-18(9-7-14)10-11-20-15-4-2-13(16)3-5-15/h2-5,14H,6-11,16H2,1H3,(H,17,19). The number of piperidine rings is 1. The highest BCUT2D eigenvalue weighted by atomic mass is 16.5. The van der Waals surface area contributed by atoms with E-state index >= 15 is 0 Å². The number of rotatable bonds is 5. The molecule has 0 bridgehead atoms. The van der Waals surface area contributed by atoms with Crippen molar-refractivity contribution < 1.29 is 9.53 Å². The molecule has 1 aliphatic heterocycles. The lowest BCUT2D eigenvalue weighted by atomic mass is 10.1. The van der Waals surface area contributed by atoms with Crippen LogP contribution < -0.4 is 15.8 Å². The lowest BCUT2D eigenvalue weighted by Gasteiger charge is -2.31. The van der Waals surface area contributed by atoms with Gasteiger partial charge in [-0.1, -0.05) is 0 Å². The molecule has 0 radical (unpaired) electrons. The molecule has 1 heterocycles. The molecule has 1 saturated heterocycles. The minimum atomic E-state index is 0.0649. The second-order valence-corrected chi connectivity index (χ2v) is 5.23. The monoisotopic (exact) mass is 277 g/mol. The summed E-state index contributed by atoms with van der Waals surface area (Å²) in [6.45, 7) is 5.19. The Labute approximate surface area is 120 Å². The van der Waals surface area contributed by atoms with Crippen molar-refractivity contribution >= 4 is 11.6 Å². The fraction of sp³-hybridized carbons (Fsp3) is 0.533. The smallest absolute Gasteiger partial charge is 0.217 e. The molecule has 0 unspecified atom stereocenters. The summed E-state index contributed by atoms with van der Waals surface area (Å²) < 4.78 is 5.69. The van der Waals surface area contributed by atoms with Gasteiger partial charge in [0.25, 0.3) is 0 Å². The van der Waals surface area contributed by atoms with Crippen molar-refractivity contribution in [3.05, 3.63) is 24.3 Å². The lowest BCUT2D eigenvalue weighted by molar-refractivity contribution is -0.119. The molecule has 5 nitrogen and oxygen atoms in total. The van der Waals surface area contributed by atoms with Crippen molar-refractivity contribution in [3.8, 4) is 5.75 Å². The van der Waals surface area contributed by atoms with Gasteiger partial charge in [0.1, 0.15) is 12.4 Å². The van der Waals surface area contributed by atoms with E-state index in [1.54, 1.807) is 6.92 Å². The number of nitrogens with two attached hydrogens (primary N) is 1. The molecule has 1 aromatic rings. The van der Waals surface area contributed by atoms with Crippen molar-refractivity contribution in [2.45, 2.75) is 25.8 Å². The van der Waals surface area contributed by atoms with Gasteiger partial charge < -0.3 is 15.8 Å². The zero-order chi connectivity index (χ0) is 14.4. The minimum absolute atomic E-state index is 0.0649. The Kier molecular flexibility index (Phi) is 5.24. The van der Waals surface area contributed by atoms with Gasteiger partial charge in [-0.05, 0) is 37.1 Å². The van der Waals surface area contributed by atoms with E-state index < -0.39 is 0 Å². The maximum atomic E-state index is 11.0. The second-order valence-electron chi connectivity index (χ2n) is 5.23. The molecule has 1 aliphatic rings. The first-order chi connectivity index (χ1) is 9.63. The van der Waals surface area contributed by atoms with Crippen LogP contribution >= 0.6 is 0 Å². The summed E-state index contributed by atoms with van der Waals surface area (Å²) in [4.78, 5) is 13.4. The number of likely N-dealkylation sites (tertiary alicyclic amines) is 1. The van der Waals surface area contributed by atoms with Crippen LogP contribution in [-0.2, 0) is 4.79 Å². The van der Waals surface area contributed by atoms with Crippen LogP contribution in [0, 0.1) is 0 Å². The Morgan fingerprint density at radius 1 is 1.35 bits per heavy atom. The number of ether oxygens (including phenoxy) is 1. The van der Waals surface area contributed by atoms with Gasteiger partial charge in [-0.3, -0.25) is 9.69 Å². The molecule has 20 heavy (non-hydrogen) atoms. The highest BCUT2D eigenvalue weighted by molar-refractivity contribution is 5.73. The molecular formula is C15H23N3O2. The number of carbonyl (C=O) groups excluding carboxylic acids is 1.